The van der Waals surface area contributed by atoms with E-state index >= 15 is 0 Å². The number of hydrogen-bond acceptors (Lipinski definition) is 14. The van der Waals surface area contributed by atoms with E-state index in [1.165, 1.54) is 18.2 Å². The molecule has 0 aliphatic rings. The van der Waals surface area contributed by atoms with E-state index in [0.29, 0.717) is 36.0 Å². The van der Waals surface area contributed by atoms with Crippen LogP contribution in [0.3, 0.4) is 0 Å². The molecule has 0 aliphatic heterocycles. The molecule has 264 valence electrons. The number of nitrogens with one attached hydrogen (secondary N) is 2. The summed E-state index contributed by atoms with van der Waals surface area (Å²) in [6, 6.07) is 32.0. The Kier molecular flexibility index (Phi) is 17.8. The van der Waals surface area contributed by atoms with Crippen molar-refractivity contribution in [3.63, 3.8) is 0 Å². The molecule has 0 saturated heterocycles. The predicted molar refractivity (Wildman–Crippen MR) is 193 cm³/mol. The smallest absolute Gasteiger partial charge is 0.744 e. The molecular formula is C34H24Cl2N8Na2O6S2. The molecular weight excluding hydrogens is 797 g/mol. The van der Waals surface area contributed by atoms with Gasteiger partial charge in [-0.15, -0.1) is 48.5 Å². The van der Waals surface area contributed by atoms with Gasteiger partial charge in [-0.05, 0) is 65.0 Å². The van der Waals surface area contributed by atoms with Crippen molar-refractivity contribution in [1.29, 1.82) is 0 Å². The van der Waals surface area contributed by atoms with Crippen LogP contribution in [0.25, 0.3) is 12.2 Å². The van der Waals surface area contributed by atoms with Crippen molar-refractivity contribution < 1.29 is 84.7 Å². The molecule has 0 fully saturated rings. The first kappa shape index (κ1) is 44.7. The third kappa shape index (κ3) is 14.5. The minimum Gasteiger partial charge on any atom is -0.744 e. The van der Waals surface area contributed by atoms with E-state index in [-0.39, 0.29) is 86.9 Å². The van der Waals surface area contributed by atoms with Crippen LogP contribution in [0.2, 0.25) is 10.6 Å². The Bertz CT molecular complexity index is 2430. The van der Waals surface area contributed by atoms with Gasteiger partial charge >= 0.3 is 69.7 Å². The number of aromatic nitrogens is 6. The van der Waals surface area contributed by atoms with E-state index in [1.54, 1.807) is 24.3 Å². The van der Waals surface area contributed by atoms with Crippen molar-refractivity contribution >= 4 is 79.4 Å². The maximum absolute atomic E-state index is 12.2. The van der Waals surface area contributed by atoms with Crippen LogP contribution in [0.5, 0.6) is 0 Å². The molecule has 54 heavy (non-hydrogen) atoms. The summed E-state index contributed by atoms with van der Waals surface area (Å²) < 4.78 is 62.0. The van der Waals surface area contributed by atoms with Crippen LogP contribution in [0.1, 0.15) is 33.9 Å². The molecule has 0 aliphatic carbocycles. The second kappa shape index (κ2) is 21.4. The van der Waals surface area contributed by atoms with E-state index in [2.05, 4.69) is 46.6 Å². The van der Waals surface area contributed by atoms with Crippen LogP contribution in [0.4, 0.5) is 23.3 Å². The summed E-state index contributed by atoms with van der Waals surface area (Å²) >= 11 is 12.3. The fourth-order valence-electron chi connectivity index (χ4n) is 4.62. The Labute approximate surface area is 366 Å². The van der Waals surface area contributed by atoms with Crippen molar-refractivity contribution in [2.45, 2.75) is 17.7 Å². The minimum atomic E-state index is -4.84. The average molecular weight is 822 g/mol. The molecule has 4 aromatic carbocycles. The normalized spacial score (nSPS) is 10.6. The van der Waals surface area contributed by atoms with Gasteiger partial charge in [0, 0.05) is 17.8 Å². The molecule has 0 spiro atoms. The molecule has 2 heterocycles. The monoisotopic (exact) mass is 820 g/mol. The first-order valence-electron chi connectivity index (χ1n) is 14.9. The maximum atomic E-state index is 12.2. The quantitative estimate of drug-likeness (QED) is 0.0758. The van der Waals surface area contributed by atoms with Crippen molar-refractivity contribution in [2.24, 2.45) is 0 Å². The van der Waals surface area contributed by atoms with Gasteiger partial charge in [0.25, 0.3) is 0 Å². The molecule has 0 radical (unpaired) electrons. The van der Waals surface area contributed by atoms with E-state index in [0.717, 1.165) is 16.8 Å². The number of hydrogen-bond donors (Lipinski definition) is 2. The number of anilines is 4. The van der Waals surface area contributed by atoms with E-state index < -0.39 is 25.6 Å². The molecule has 2 N–H and O–H groups in total. The van der Waals surface area contributed by atoms with E-state index in [1.807, 2.05) is 66.7 Å². The molecule has 0 saturated carbocycles. The van der Waals surface area contributed by atoms with Crippen molar-refractivity contribution in [2.75, 3.05) is 10.6 Å². The van der Waals surface area contributed by atoms with Gasteiger partial charge < -0.3 is 15.2 Å². The Morgan fingerprint density at radius 2 is 1.20 bits per heavy atom. The summed E-state index contributed by atoms with van der Waals surface area (Å²) in [6.45, 7) is 0. The molecule has 6 aromatic rings. The minimum absolute atomic E-state index is 0. The molecule has 0 unspecified atom stereocenters. The summed E-state index contributed by atoms with van der Waals surface area (Å²) in [5, 5.41) is 6.07. The van der Waals surface area contributed by atoms with Gasteiger partial charge in [0.2, 0.25) is 22.5 Å². The Morgan fingerprint density at radius 1 is 0.667 bits per heavy atom. The van der Waals surface area contributed by atoms with Crippen molar-refractivity contribution in [1.82, 2.24) is 29.9 Å². The zero-order valence-corrected chi connectivity index (χ0v) is 35.7. The Balaban J connectivity index is 0.00000125. The standard InChI is InChI=1S/C34H25Cl2N8O3S.2Na.O3S/c35-31-40-30(41-33(43-31)37-26-9-5-2-6-10-26)20-24-13-11-22(12-14-24)15-16-25-17-18-27(21-28(25)48(45,46)47)38-34-42-29(39-32(36)44-34)19-23-7-3-1-4-8-23;;;1-4(2)3/h1-11,13-18,21H,19-20H2,(H,45,46,47)(H,37,40,41,43)(H,38,39,42,44);;;/q-1;2*+1;/p-1/b16-15+;;;. The van der Waals surface area contributed by atoms with Crippen LogP contribution in [0, 0.1) is 6.07 Å². The summed E-state index contributed by atoms with van der Waals surface area (Å²) in [5.74, 6) is 1.33. The van der Waals surface area contributed by atoms with Gasteiger partial charge in [0.05, 0.1) is 4.90 Å². The SMILES string of the molecule is O=S(=O)([O-])c1cc(Nc2nc(Cl)nc(Cc3ccccc3)n2)ccc1/C=C/c1[c-]cc(Cc2nc(Cl)nc(Nc3ccccc3)n2)cc1.O=S(=O)=O.[Na+].[Na+]. The summed E-state index contributed by atoms with van der Waals surface area (Å²) in [5.41, 5.74) is 3.79. The molecule has 6 rings (SSSR count). The first-order valence-corrected chi connectivity index (χ1v) is 18.1. The van der Waals surface area contributed by atoms with Gasteiger partial charge in [0.15, 0.2) is 0 Å². The van der Waals surface area contributed by atoms with Gasteiger partial charge in [0.1, 0.15) is 21.8 Å². The fraction of sp³-hybridized carbons (Fsp3) is 0.0588. The first-order chi connectivity index (χ1) is 24.9. The molecule has 0 atom stereocenters. The van der Waals surface area contributed by atoms with Crippen LogP contribution in [-0.4, -0.2) is 55.5 Å². The van der Waals surface area contributed by atoms with Crippen LogP contribution in [-0.2, 0) is 33.6 Å². The van der Waals surface area contributed by atoms with E-state index in [9.17, 15) is 13.0 Å². The largest absolute Gasteiger partial charge is 1.00 e. The average Bonchev–Trinajstić information content (AvgIpc) is 3.08. The molecule has 2 aromatic heterocycles. The summed E-state index contributed by atoms with van der Waals surface area (Å²) in [7, 11) is -7.95. The van der Waals surface area contributed by atoms with Gasteiger partial charge in [-0.2, -0.15) is 25.5 Å². The molecule has 14 nitrogen and oxygen atoms in total. The van der Waals surface area contributed by atoms with Crippen LogP contribution < -0.4 is 69.7 Å². The zero-order chi connectivity index (χ0) is 37.1. The van der Waals surface area contributed by atoms with Crippen molar-refractivity contribution in [3.05, 3.63) is 148 Å². The molecule has 0 bridgehead atoms. The summed E-state index contributed by atoms with van der Waals surface area (Å²) in [4.78, 5) is 25.1. The second-order valence-corrected chi connectivity index (χ2v) is 13.0. The predicted octanol–water partition coefficient (Wildman–Crippen LogP) is -0.0892. The number of rotatable bonds is 11. The van der Waals surface area contributed by atoms with E-state index in [4.69, 9.17) is 35.8 Å². The zero-order valence-electron chi connectivity index (χ0n) is 28.5. The third-order valence-corrected chi connectivity index (χ3v) is 8.02. The number of benzene rings is 4. The number of nitrogens with zero attached hydrogens (tertiary/aromatic N) is 6. The number of halogens is 2. The Morgan fingerprint density at radius 3 is 1.74 bits per heavy atom. The maximum Gasteiger partial charge on any atom is 1.00 e. The van der Waals surface area contributed by atoms with Gasteiger partial charge in [-0.1, -0.05) is 60.7 Å². The van der Waals surface area contributed by atoms with Gasteiger partial charge in [-0.25, -0.2) is 18.4 Å². The van der Waals surface area contributed by atoms with Crippen LogP contribution in [0.15, 0.2) is 102 Å². The molecule has 0 amide bonds. The topological polar surface area (TPSA) is 210 Å². The summed E-state index contributed by atoms with van der Waals surface area (Å²) in [6.07, 6.45) is 3.98. The third-order valence-electron chi connectivity index (χ3n) is 6.79. The van der Waals surface area contributed by atoms with Gasteiger partial charge in [-0.3, -0.25) is 0 Å². The molecule has 20 heteroatoms. The van der Waals surface area contributed by atoms with Crippen molar-refractivity contribution in [3.8, 4) is 0 Å². The number of para-hydroxylation sites is 1. The Hall–Kier alpha value is -3.65. The van der Waals surface area contributed by atoms with Crippen LogP contribution >= 0.6 is 23.2 Å². The second-order valence-electron chi connectivity index (χ2n) is 10.5. The fourth-order valence-corrected chi connectivity index (χ4v) is 5.67.